The number of pyridine rings is 3. The Kier molecular flexibility index (Phi) is 5.64. The zero-order valence-corrected chi connectivity index (χ0v) is 19.1. The number of nitrogens with one attached hydrogen (secondary N) is 1. The smallest absolute Gasteiger partial charge is 0.251 e. The number of ether oxygens (including phenoxy) is 2. The van der Waals surface area contributed by atoms with Gasteiger partial charge in [0.1, 0.15) is 18.1 Å². The average molecular weight is 486 g/mol. The van der Waals surface area contributed by atoms with Gasteiger partial charge in [0, 0.05) is 44.7 Å². The van der Waals surface area contributed by atoms with E-state index in [1.165, 1.54) is 6.07 Å². The zero-order valence-electron chi connectivity index (χ0n) is 18.3. The van der Waals surface area contributed by atoms with Crippen LogP contribution in [-0.2, 0) is 6.54 Å². The molecule has 11 heteroatoms. The van der Waals surface area contributed by atoms with Crippen LogP contribution in [0.5, 0.6) is 11.5 Å². The third-order valence-corrected chi connectivity index (χ3v) is 7.49. The number of fused-ring (bicyclic) bond motifs is 1. The number of hydrogen-bond donors (Lipinski definition) is 2. The molecule has 3 atom stereocenters. The van der Waals surface area contributed by atoms with Crippen molar-refractivity contribution in [2.75, 3.05) is 38.7 Å². The molecule has 3 aliphatic rings. The van der Waals surface area contributed by atoms with Crippen molar-refractivity contribution in [3.63, 3.8) is 0 Å². The maximum atomic E-state index is 14.2. The molecule has 0 radical (unpaired) electrons. The van der Waals surface area contributed by atoms with Gasteiger partial charge in [0.15, 0.2) is 17.3 Å². The number of β-amino-alcohol motifs (C(OH)–C–C–N with tert-alkyl or cyclic N) is 1. The standard InChI is InChI=1S/C23H24FN5O4S/c24-16-6-27-17-1-2-21(31)29-15(11-32-23(16)22(17)29)9-28-8-13(18(30)10-28)4-25-5-14-3-20-19(7-26-14)33-12-34-20/h1-3,6-7,13,15,18,25,30H,4-5,8-12H2/t13-,15+,18-/m0/s1. The summed E-state index contributed by atoms with van der Waals surface area (Å²) in [5.41, 5.74) is 1.65. The van der Waals surface area contributed by atoms with E-state index in [1.807, 2.05) is 6.07 Å². The molecule has 0 aliphatic carbocycles. The Morgan fingerprint density at radius 1 is 1.24 bits per heavy atom. The largest absolute Gasteiger partial charge is 0.486 e. The van der Waals surface area contributed by atoms with Crippen molar-refractivity contribution in [2.24, 2.45) is 5.92 Å². The molecular formula is C23H24FN5O4S. The van der Waals surface area contributed by atoms with E-state index in [1.54, 1.807) is 28.6 Å². The maximum absolute atomic E-state index is 14.2. The van der Waals surface area contributed by atoms with Gasteiger partial charge in [0.05, 0.1) is 40.6 Å². The topological polar surface area (TPSA) is 102 Å². The van der Waals surface area contributed by atoms with Crippen LogP contribution in [0.4, 0.5) is 4.39 Å². The van der Waals surface area contributed by atoms with Crippen molar-refractivity contribution in [1.29, 1.82) is 0 Å². The van der Waals surface area contributed by atoms with Crippen LogP contribution >= 0.6 is 11.8 Å². The fourth-order valence-corrected chi connectivity index (χ4v) is 5.76. The highest BCUT2D eigenvalue weighted by atomic mass is 32.2. The van der Waals surface area contributed by atoms with Crippen molar-refractivity contribution < 1.29 is 19.0 Å². The maximum Gasteiger partial charge on any atom is 0.251 e. The molecule has 0 unspecified atom stereocenters. The van der Waals surface area contributed by atoms with E-state index in [0.717, 1.165) is 22.5 Å². The summed E-state index contributed by atoms with van der Waals surface area (Å²) < 4.78 is 27.0. The van der Waals surface area contributed by atoms with Crippen molar-refractivity contribution in [2.45, 2.75) is 23.6 Å². The minimum atomic E-state index is -0.572. The molecule has 6 heterocycles. The molecule has 0 aromatic carbocycles. The number of halogens is 1. The van der Waals surface area contributed by atoms with Crippen molar-refractivity contribution in [1.82, 2.24) is 24.8 Å². The van der Waals surface area contributed by atoms with E-state index >= 15 is 0 Å². The predicted octanol–water partition coefficient (Wildman–Crippen LogP) is 1.39. The Morgan fingerprint density at radius 2 is 2.15 bits per heavy atom. The van der Waals surface area contributed by atoms with Crippen molar-refractivity contribution in [3.05, 3.63) is 52.5 Å². The van der Waals surface area contributed by atoms with E-state index in [2.05, 4.69) is 20.2 Å². The van der Waals surface area contributed by atoms with Crippen LogP contribution in [0, 0.1) is 11.7 Å². The van der Waals surface area contributed by atoms with Crippen molar-refractivity contribution >= 4 is 22.8 Å². The van der Waals surface area contributed by atoms with Gasteiger partial charge < -0.3 is 19.9 Å². The van der Waals surface area contributed by atoms with E-state index < -0.39 is 11.9 Å². The molecule has 2 N–H and O–H groups in total. The number of aromatic nitrogens is 3. The predicted molar refractivity (Wildman–Crippen MR) is 124 cm³/mol. The minimum Gasteiger partial charge on any atom is -0.486 e. The number of nitrogens with zero attached hydrogens (tertiary/aromatic N) is 4. The third kappa shape index (κ3) is 3.92. The molecule has 3 aromatic rings. The molecular weight excluding hydrogens is 461 g/mol. The minimum absolute atomic E-state index is 0.0514. The highest BCUT2D eigenvalue weighted by Crippen LogP contribution is 2.36. The number of rotatable bonds is 6. The summed E-state index contributed by atoms with van der Waals surface area (Å²) in [6, 6.07) is 4.79. The summed E-state index contributed by atoms with van der Waals surface area (Å²) in [6.45, 7) is 3.16. The molecule has 0 bridgehead atoms. The molecule has 0 saturated carbocycles. The van der Waals surface area contributed by atoms with E-state index in [9.17, 15) is 14.3 Å². The average Bonchev–Trinajstić information content (AvgIpc) is 3.44. The van der Waals surface area contributed by atoms with E-state index in [-0.39, 0.29) is 29.9 Å². The van der Waals surface area contributed by atoms with Crippen LogP contribution in [0.15, 0.2) is 40.3 Å². The summed E-state index contributed by atoms with van der Waals surface area (Å²) >= 11 is 1.66. The molecule has 34 heavy (non-hydrogen) atoms. The van der Waals surface area contributed by atoms with Gasteiger partial charge in [-0.25, -0.2) is 4.39 Å². The summed E-state index contributed by atoms with van der Waals surface area (Å²) in [5, 5.41) is 14.0. The Balaban J connectivity index is 1.11. The van der Waals surface area contributed by atoms with Crippen LogP contribution in [0.25, 0.3) is 11.0 Å². The summed E-state index contributed by atoms with van der Waals surface area (Å²) in [6.07, 6.45) is 2.40. The van der Waals surface area contributed by atoms with Gasteiger partial charge in [-0.05, 0) is 12.1 Å². The summed E-state index contributed by atoms with van der Waals surface area (Å²) in [5.74, 6) is 1.01. The Bertz CT molecular complexity index is 1300. The molecule has 3 aliphatic heterocycles. The first-order valence-corrected chi connectivity index (χ1v) is 12.2. The Labute approximate surface area is 198 Å². The molecule has 0 spiro atoms. The van der Waals surface area contributed by atoms with Gasteiger partial charge in [-0.1, -0.05) is 11.8 Å². The molecule has 6 rings (SSSR count). The van der Waals surface area contributed by atoms with Gasteiger partial charge in [-0.2, -0.15) is 0 Å². The number of thioether (sulfide) groups is 1. The fourth-order valence-electron chi connectivity index (χ4n) is 4.97. The molecule has 1 fully saturated rings. The summed E-state index contributed by atoms with van der Waals surface area (Å²) in [7, 11) is 0. The molecule has 9 nitrogen and oxygen atoms in total. The number of likely N-dealkylation sites (tertiary alicyclic amines) is 1. The zero-order chi connectivity index (χ0) is 23.2. The normalized spacial score (nSPS) is 23.6. The Morgan fingerprint density at radius 3 is 3.06 bits per heavy atom. The van der Waals surface area contributed by atoms with Crippen LogP contribution in [0.1, 0.15) is 11.7 Å². The first-order valence-electron chi connectivity index (χ1n) is 11.2. The second-order valence-corrected chi connectivity index (χ2v) is 9.85. The lowest BCUT2D eigenvalue weighted by Gasteiger charge is -2.30. The Hall–Kier alpha value is -2.73. The quantitative estimate of drug-likeness (QED) is 0.536. The fraction of sp³-hybridized carbons (Fsp3) is 0.435. The molecule has 0 amide bonds. The SMILES string of the molecule is O=c1ccc2ncc(F)c3c2n1[C@H](CN1C[C@H](CNCc2cc4c(cn2)OCS4)[C@@H](O)C1)CO3. The second-order valence-electron chi connectivity index (χ2n) is 8.88. The first kappa shape index (κ1) is 21.8. The lowest BCUT2D eigenvalue weighted by molar-refractivity contribution is 0.134. The monoisotopic (exact) mass is 485 g/mol. The lowest BCUT2D eigenvalue weighted by Crippen LogP contribution is -2.40. The number of aliphatic hydroxyl groups excluding tert-OH is 1. The van der Waals surface area contributed by atoms with Gasteiger partial charge in [-0.3, -0.25) is 24.2 Å². The highest BCUT2D eigenvalue weighted by molar-refractivity contribution is 7.99. The van der Waals surface area contributed by atoms with Gasteiger partial charge >= 0.3 is 0 Å². The third-order valence-electron chi connectivity index (χ3n) is 6.62. The lowest BCUT2D eigenvalue weighted by atomic mass is 10.1. The van der Waals surface area contributed by atoms with Crippen molar-refractivity contribution in [3.8, 4) is 11.5 Å². The van der Waals surface area contributed by atoms with Gasteiger partial charge in [-0.15, -0.1) is 0 Å². The van der Waals surface area contributed by atoms with Gasteiger partial charge in [0.2, 0.25) is 0 Å². The molecule has 1 saturated heterocycles. The van der Waals surface area contributed by atoms with Crippen LogP contribution in [-0.4, -0.2) is 69.4 Å². The molecule has 3 aromatic heterocycles. The second kappa shape index (κ2) is 8.81. The number of hydrogen-bond acceptors (Lipinski definition) is 9. The van der Waals surface area contributed by atoms with Crippen LogP contribution in [0.2, 0.25) is 0 Å². The van der Waals surface area contributed by atoms with E-state index in [0.29, 0.717) is 49.7 Å². The van der Waals surface area contributed by atoms with Crippen LogP contribution in [0.3, 0.4) is 0 Å². The summed E-state index contributed by atoms with van der Waals surface area (Å²) in [4.78, 5) is 24.5. The first-order chi connectivity index (χ1) is 16.6. The molecule has 178 valence electrons. The highest BCUT2D eigenvalue weighted by Gasteiger charge is 2.34. The van der Waals surface area contributed by atoms with Crippen LogP contribution < -0.4 is 20.3 Å². The van der Waals surface area contributed by atoms with Gasteiger partial charge in [0.25, 0.3) is 5.56 Å². The number of aliphatic hydroxyl groups is 1. The van der Waals surface area contributed by atoms with E-state index in [4.69, 9.17) is 9.47 Å².